The molecule has 0 saturated carbocycles. The summed E-state index contributed by atoms with van der Waals surface area (Å²) in [5.74, 6) is -59.3. The molecule has 0 spiro atoms. The average Bonchev–Trinajstić information content (AvgIpc) is 2.59. The molecule has 33 heavy (non-hydrogen) atoms. The van der Waals surface area contributed by atoms with Gasteiger partial charge in [0.2, 0.25) is 0 Å². The van der Waals surface area contributed by atoms with Gasteiger partial charge in [0.1, 0.15) is 0 Å². The third kappa shape index (κ3) is 4.30. The van der Waals surface area contributed by atoms with Crippen molar-refractivity contribution in [2.24, 2.45) is 0 Å². The highest BCUT2D eigenvalue weighted by Gasteiger charge is 2.95. The zero-order valence-electron chi connectivity index (χ0n) is 15.5. The second kappa shape index (κ2) is 8.35. The van der Waals surface area contributed by atoms with E-state index < -0.39 is 59.7 Å². The van der Waals surface area contributed by atoms with E-state index in [4.69, 9.17) is 0 Å². The van der Waals surface area contributed by atoms with Crippen molar-refractivity contribution < 1.29 is 84.2 Å². The van der Waals surface area contributed by atoms with Crippen LogP contribution in [0.1, 0.15) is 13.8 Å². The van der Waals surface area contributed by atoms with Gasteiger partial charge in [0.05, 0.1) is 0 Å². The molecule has 0 aromatic carbocycles. The quantitative estimate of drug-likeness (QED) is 0.193. The van der Waals surface area contributed by atoms with Crippen molar-refractivity contribution in [3.63, 3.8) is 0 Å². The van der Waals surface area contributed by atoms with Crippen molar-refractivity contribution in [1.82, 2.24) is 0 Å². The molecule has 0 radical (unpaired) electrons. The molecule has 0 aromatic rings. The maximum Gasteiger partial charge on any atom is 0.460 e. The molecule has 0 aliphatic carbocycles. The van der Waals surface area contributed by atoms with Gasteiger partial charge in [-0.15, -0.1) is 0 Å². The molecule has 0 bridgehead atoms. The Balaban J connectivity index is 6.67. The van der Waals surface area contributed by atoms with Crippen LogP contribution in [0.4, 0.5) is 74.6 Å². The molecule has 0 saturated heterocycles. The van der Waals surface area contributed by atoms with Crippen molar-refractivity contribution in [3.05, 3.63) is 12.2 Å². The molecule has 0 aliphatic heterocycles. The van der Waals surface area contributed by atoms with E-state index in [1.54, 1.807) is 0 Å². The lowest BCUT2D eigenvalue weighted by Gasteiger charge is -2.43. The van der Waals surface area contributed by atoms with Gasteiger partial charge in [-0.25, -0.2) is 4.79 Å². The zero-order valence-corrected chi connectivity index (χ0v) is 15.5. The number of allylic oxidation sites excluding steroid dienone is 1. The highest BCUT2D eigenvalue weighted by Crippen LogP contribution is 2.64. The number of halogens is 17. The van der Waals surface area contributed by atoms with E-state index in [1.165, 1.54) is 0 Å². The summed E-state index contributed by atoms with van der Waals surface area (Å²) in [5.41, 5.74) is 0. The first kappa shape index (κ1) is 31.0. The van der Waals surface area contributed by atoms with E-state index in [-0.39, 0.29) is 13.0 Å². The molecular formula is C14H9F17O2. The second-order valence-electron chi connectivity index (χ2n) is 6.15. The Hall–Kier alpha value is -1.98. The summed E-state index contributed by atoms with van der Waals surface area (Å²) < 4.78 is 226. The molecule has 1 unspecified atom stereocenters. The predicted molar refractivity (Wildman–Crippen MR) is 71.1 cm³/mol. The number of rotatable bonds is 9. The Kier molecular flexibility index (Phi) is 7.85. The predicted octanol–water partition coefficient (Wildman–Crippen LogP) is 6.50. The van der Waals surface area contributed by atoms with Crippen LogP contribution in [-0.4, -0.2) is 59.7 Å². The Bertz CT molecular complexity index is 749. The van der Waals surface area contributed by atoms with Crippen LogP contribution < -0.4 is 0 Å². The standard InChI is InChI=1S/C14H9F17O2/c1-3-4-6(32)33-5(2)7(15,16)8(17,18)9(19,20)10(21,22)11(23,24)12(25,26)13(27,28)14(29,30)31/h3-5H,1-2H3/b4-3+. The van der Waals surface area contributed by atoms with Gasteiger partial charge >= 0.3 is 53.6 Å². The summed E-state index contributed by atoms with van der Waals surface area (Å²) in [6, 6.07) is 0. The number of carbonyl (C=O) groups excluding carboxylic acids is 1. The Labute approximate surface area is 171 Å². The van der Waals surface area contributed by atoms with Crippen LogP contribution in [0.2, 0.25) is 0 Å². The molecule has 0 amide bonds. The van der Waals surface area contributed by atoms with Crippen molar-refractivity contribution in [1.29, 1.82) is 0 Å². The fourth-order valence-electron chi connectivity index (χ4n) is 1.85. The van der Waals surface area contributed by atoms with Gasteiger partial charge in [-0.1, -0.05) is 6.08 Å². The minimum Gasteiger partial charge on any atom is -0.453 e. The fraction of sp³-hybridized carbons (Fsp3) is 0.786. The van der Waals surface area contributed by atoms with Crippen LogP contribution in [-0.2, 0) is 9.53 Å². The SMILES string of the molecule is C/C=C/C(=O)OC(C)C(F)(F)C(F)(F)C(F)(F)C(F)(F)C(F)(F)C(F)(F)C(F)(F)C(F)(F)F. The van der Waals surface area contributed by atoms with Gasteiger partial charge in [-0.05, 0) is 13.8 Å². The minimum atomic E-state index is -8.70. The first-order chi connectivity index (χ1) is 14.1. The number of hydrogen-bond donors (Lipinski definition) is 0. The average molecular weight is 532 g/mol. The lowest BCUT2D eigenvalue weighted by molar-refractivity contribution is -0.463. The number of hydrogen-bond acceptors (Lipinski definition) is 2. The molecule has 0 aromatic heterocycles. The largest absolute Gasteiger partial charge is 0.460 e. The number of esters is 1. The molecule has 0 rings (SSSR count). The molecule has 0 heterocycles. The van der Waals surface area contributed by atoms with Gasteiger partial charge < -0.3 is 4.74 Å². The van der Waals surface area contributed by atoms with Crippen molar-refractivity contribution in [3.8, 4) is 0 Å². The van der Waals surface area contributed by atoms with E-state index in [9.17, 15) is 79.4 Å². The molecule has 1 atom stereocenters. The van der Waals surface area contributed by atoms with Crippen molar-refractivity contribution in [2.75, 3.05) is 0 Å². The highest BCUT2D eigenvalue weighted by atomic mass is 19.4. The summed E-state index contributed by atoms with van der Waals surface area (Å²) in [6.45, 7) is 0.625. The monoisotopic (exact) mass is 532 g/mol. The van der Waals surface area contributed by atoms with E-state index in [0.29, 0.717) is 6.08 Å². The van der Waals surface area contributed by atoms with Crippen LogP contribution in [0.25, 0.3) is 0 Å². The summed E-state index contributed by atoms with van der Waals surface area (Å²) in [5, 5.41) is 0. The van der Waals surface area contributed by atoms with Gasteiger partial charge in [-0.2, -0.15) is 74.6 Å². The van der Waals surface area contributed by atoms with Gasteiger partial charge in [0, 0.05) is 6.08 Å². The minimum absolute atomic E-state index is 0.186. The fourth-order valence-corrected chi connectivity index (χ4v) is 1.85. The highest BCUT2D eigenvalue weighted by molar-refractivity contribution is 5.82. The van der Waals surface area contributed by atoms with E-state index in [1.807, 2.05) is 0 Å². The van der Waals surface area contributed by atoms with Crippen LogP contribution in [0.15, 0.2) is 12.2 Å². The Morgan fingerprint density at radius 3 is 1.21 bits per heavy atom. The van der Waals surface area contributed by atoms with Crippen LogP contribution in [0, 0.1) is 0 Å². The zero-order chi connectivity index (χ0) is 27.3. The maximum atomic E-state index is 13.7. The summed E-state index contributed by atoms with van der Waals surface area (Å²) >= 11 is 0. The van der Waals surface area contributed by atoms with Crippen LogP contribution in [0.5, 0.6) is 0 Å². The maximum absolute atomic E-state index is 13.7. The summed E-state index contributed by atoms with van der Waals surface area (Å²) in [7, 11) is 0. The van der Waals surface area contributed by atoms with E-state index in [2.05, 4.69) is 4.74 Å². The molecule has 2 nitrogen and oxygen atoms in total. The summed E-state index contributed by atoms with van der Waals surface area (Å²) in [6.07, 6.45) is -10.8. The van der Waals surface area contributed by atoms with Gasteiger partial charge in [0.25, 0.3) is 0 Å². The Morgan fingerprint density at radius 1 is 0.606 bits per heavy atom. The molecule has 196 valence electrons. The molecule has 0 aliphatic rings. The number of alkyl halides is 17. The number of carbonyl (C=O) groups is 1. The molecular weight excluding hydrogens is 523 g/mol. The Morgan fingerprint density at radius 2 is 0.909 bits per heavy atom. The van der Waals surface area contributed by atoms with Crippen LogP contribution in [0.3, 0.4) is 0 Å². The molecule has 0 N–H and O–H groups in total. The summed E-state index contributed by atoms with van der Waals surface area (Å²) in [4.78, 5) is 10.9. The van der Waals surface area contributed by atoms with Crippen LogP contribution >= 0.6 is 0 Å². The van der Waals surface area contributed by atoms with E-state index >= 15 is 0 Å². The smallest absolute Gasteiger partial charge is 0.453 e. The third-order valence-electron chi connectivity index (χ3n) is 3.85. The normalized spacial score (nSPS) is 16.8. The van der Waals surface area contributed by atoms with Gasteiger partial charge in [0.15, 0.2) is 6.10 Å². The number of ether oxygens (including phenoxy) is 1. The lowest BCUT2D eigenvalue weighted by atomic mass is 9.88. The first-order valence-corrected chi connectivity index (χ1v) is 7.67. The van der Waals surface area contributed by atoms with Gasteiger partial charge in [-0.3, -0.25) is 0 Å². The molecule has 19 heteroatoms. The first-order valence-electron chi connectivity index (χ1n) is 7.67. The third-order valence-corrected chi connectivity index (χ3v) is 3.85. The molecule has 0 fully saturated rings. The lowest BCUT2D eigenvalue weighted by Crippen LogP contribution is -2.75. The van der Waals surface area contributed by atoms with Crippen molar-refractivity contribution >= 4 is 5.97 Å². The van der Waals surface area contributed by atoms with E-state index in [0.717, 1.165) is 6.92 Å². The van der Waals surface area contributed by atoms with Crippen molar-refractivity contribution in [2.45, 2.75) is 67.6 Å². The second-order valence-corrected chi connectivity index (χ2v) is 6.15. The topological polar surface area (TPSA) is 26.3 Å².